The molecule has 0 radical (unpaired) electrons. The summed E-state index contributed by atoms with van der Waals surface area (Å²) in [7, 11) is -3.65. The average Bonchev–Trinajstić information content (AvgIpc) is 2.92. The number of nitrogens with zero attached hydrogens (tertiary/aromatic N) is 4. The fraction of sp³-hybridized carbons (Fsp3) is 0.360. The second-order valence-electron chi connectivity index (χ2n) is 8.88. The summed E-state index contributed by atoms with van der Waals surface area (Å²) in [5, 5.41) is 5.50. The van der Waals surface area contributed by atoms with E-state index >= 15 is 0 Å². The molecule has 1 aromatic carbocycles. The summed E-state index contributed by atoms with van der Waals surface area (Å²) in [5.41, 5.74) is 0.110. The van der Waals surface area contributed by atoms with Crippen molar-refractivity contribution >= 4 is 39.2 Å². The zero-order valence-electron chi connectivity index (χ0n) is 21.1. The zero-order chi connectivity index (χ0) is 28.0. The number of pyridine rings is 1. The van der Waals surface area contributed by atoms with Gasteiger partial charge in [-0.3, -0.25) is 9.52 Å². The van der Waals surface area contributed by atoms with E-state index in [0.29, 0.717) is 36.1 Å². The van der Waals surface area contributed by atoms with Gasteiger partial charge in [-0.05, 0) is 50.5 Å². The minimum absolute atomic E-state index is 0.00278. The Balaban J connectivity index is 1.55. The number of hydrogen-bond donors (Lipinski definition) is 3. The van der Waals surface area contributed by atoms with E-state index in [9.17, 15) is 26.4 Å². The molecule has 0 spiro atoms. The van der Waals surface area contributed by atoms with E-state index in [0.717, 1.165) is 19.3 Å². The molecule has 4 rings (SSSR count). The Morgan fingerprint density at radius 3 is 2.54 bits per heavy atom. The summed E-state index contributed by atoms with van der Waals surface area (Å²) in [6, 6.07) is 9.68. The lowest BCUT2D eigenvalue weighted by Crippen LogP contribution is -2.35. The zero-order valence-corrected chi connectivity index (χ0v) is 21.9. The number of anilines is 4. The Morgan fingerprint density at radius 2 is 1.82 bits per heavy atom. The number of carbonyl (C=O) groups excluding carboxylic acids is 1. The molecule has 1 aliphatic heterocycles. The van der Waals surface area contributed by atoms with Crippen LogP contribution in [0.15, 0.2) is 48.8 Å². The molecule has 39 heavy (non-hydrogen) atoms. The number of sulfonamides is 1. The summed E-state index contributed by atoms with van der Waals surface area (Å²) in [6.45, 7) is 2.63. The molecule has 208 valence electrons. The fourth-order valence-electron chi connectivity index (χ4n) is 3.99. The number of aromatic nitrogens is 3. The maximum absolute atomic E-state index is 13.7. The van der Waals surface area contributed by atoms with E-state index in [1.807, 2.05) is 0 Å². The van der Waals surface area contributed by atoms with Gasteiger partial charge in [-0.2, -0.15) is 18.2 Å². The molecule has 14 heteroatoms. The van der Waals surface area contributed by atoms with Gasteiger partial charge < -0.3 is 15.5 Å². The normalized spacial score (nSPS) is 14.1. The van der Waals surface area contributed by atoms with Crippen LogP contribution in [0, 0.1) is 0 Å². The van der Waals surface area contributed by atoms with Crippen molar-refractivity contribution in [2.75, 3.05) is 34.2 Å². The predicted octanol–water partition coefficient (Wildman–Crippen LogP) is 4.63. The Labute approximate surface area is 224 Å². The predicted molar refractivity (Wildman–Crippen MR) is 141 cm³/mol. The summed E-state index contributed by atoms with van der Waals surface area (Å²) in [6.07, 6.45) is 0.264. The van der Waals surface area contributed by atoms with Gasteiger partial charge in [0, 0.05) is 48.8 Å². The fourth-order valence-corrected chi connectivity index (χ4v) is 4.62. The minimum Gasteiger partial charge on any atom is -0.365 e. The standard InChI is InChI=1S/C25H28F3N7O3S/c1-2-39(37,38)34-21-18(9-7-11-29-21)15-30-22-20(25(26,27)28)16-31-24(33-22)32-19-10-6-8-17(14-19)23(36)35-12-4-3-5-13-35/h6-11,14,16H,2-5,12-13,15H2,1H3,(H,29,34)(H2,30,31,32,33). The van der Waals surface area contributed by atoms with Crippen LogP contribution >= 0.6 is 0 Å². The summed E-state index contributed by atoms with van der Waals surface area (Å²) < 4.78 is 67.4. The van der Waals surface area contributed by atoms with Gasteiger partial charge >= 0.3 is 6.18 Å². The number of hydrogen-bond acceptors (Lipinski definition) is 8. The van der Waals surface area contributed by atoms with Crippen molar-refractivity contribution in [2.24, 2.45) is 0 Å². The van der Waals surface area contributed by atoms with Crippen LogP contribution in [0.4, 0.5) is 36.4 Å². The molecule has 10 nitrogen and oxygen atoms in total. The molecule has 0 bridgehead atoms. The van der Waals surface area contributed by atoms with Crippen LogP contribution < -0.4 is 15.4 Å². The van der Waals surface area contributed by atoms with Crippen molar-refractivity contribution in [3.63, 3.8) is 0 Å². The van der Waals surface area contributed by atoms with Crippen molar-refractivity contribution in [3.05, 3.63) is 65.5 Å². The van der Waals surface area contributed by atoms with Gasteiger partial charge in [0.1, 0.15) is 17.2 Å². The number of piperidine rings is 1. The third kappa shape index (κ3) is 7.34. The molecular formula is C25H28F3N7O3S. The van der Waals surface area contributed by atoms with Crippen LogP contribution in [0.25, 0.3) is 0 Å². The van der Waals surface area contributed by atoms with Gasteiger partial charge in [0.05, 0.1) is 5.75 Å². The largest absolute Gasteiger partial charge is 0.421 e. The second-order valence-corrected chi connectivity index (χ2v) is 10.9. The lowest BCUT2D eigenvalue weighted by atomic mass is 10.1. The molecule has 1 amide bonds. The summed E-state index contributed by atoms with van der Waals surface area (Å²) >= 11 is 0. The first kappa shape index (κ1) is 28.1. The number of benzene rings is 1. The third-order valence-electron chi connectivity index (χ3n) is 6.07. The Bertz CT molecular complexity index is 1430. The van der Waals surface area contributed by atoms with Crippen LogP contribution in [0.5, 0.6) is 0 Å². The highest BCUT2D eigenvalue weighted by atomic mass is 32.2. The van der Waals surface area contributed by atoms with Crippen molar-refractivity contribution in [3.8, 4) is 0 Å². The maximum atomic E-state index is 13.7. The molecule has 1 fully saturated rings. The molecule has 3 heterocycles. The molecule has 3 N–H and O–H groups in total. The highest BCUT2D eigenvalue weighted by Gasteiger charge is 2.35. The molecule has 0 atom stereocenters. The van der Waals surface area contributed by atoms with E-state index in [-0.39, 0.29) is 30.0 Å². The number of carbonyl (C=O) groups is 1. The molecule has 1 saturated heterocycles. The Hall–Kier alpha value is -3.94. The van der Waals surface area contributed by atoms with Gasteiger partial charge in [-0.15, -0.1) is 0 Å². The number of amides is 1. The highest BCUT2D eigenvalue weighted by Crippen LogP contribution is 2.34. The van der Waals surface area contributed by atoms with Gasteiger partial charge in [0.2, 0.25) is 16.0 Å². The van der Waals surface area contributed by atoms with Crippen LogP contribution in [-0.4, -0.2) is 53.0 Å². The van der Waals surface area contributed by atoms with Crippen LogP contribution in [0.1, 0.15) is 47.7 Å². The van der Waals surface area contributed by atoms with Gasteiger partial charge in [-0.25, -0.2) is 18.4 Å². The SMILES string of the molecule is CCS(=O)(=O)Nc1ncccc1CNc1nc(Nc2cccc(C(=O)N3CCCCC3)c2)ncc1C(F)(F)F. The topological polar surface area (TPSA) is 129 Å². The monoisotopic (exact) mass is 563 g/mol. The molecule has 0 saturated carbocycles. The maximum Gasteiger partial charge on any atom is 0.421 e. The smallest absolute Gasteiger partial charge is 0.365 e. The average molecular weight is 564 g/mol. The van der Waals surface area contributed by atoms with Gasteiger partial charge in [0.15, 0.2) is 0 Å². The first-order valence-electron chi connectivity index (χ1n) is 12.3. The number of alkyl halides is 3. The van der Waals surface area contributed by atoms with E-state index in [2.05, 4.69) is 30.3 Å². The van der Waals surface area contributed by atoms with E-state index < -0.39 is 27.6 Å². The van der Waals surface area contributed by atoms with Crippen LogP contribution in [0.3, 0.4) is 0 Å². The van der Waals surface area contributed by atoms with Crippen LogP contribution in [-0.2, 0) is 22.7 Å². The molecule has 0 aliphatic carbocycles. The Kier molecular flexibility index (Phi) is 8.53. The molecule has 2 aromatic heterocycles. The molecule has 0 unspecified atom stereocenters. The molecule has 1 aliphatic rings. The minimum atomic E-state index is -4.75. The van der Waals surface area contributed by atoms with E-state index in [4.69, 9.17) is 0 Å². The van der Waals surface area contributed by atoms with E-state index in [1.165, 1.54) is 25.3 Å². The van der Waals surface area contributed by atoms with Gasteiger partial charge in [0.25, 0.3) is 5.91 Å². The molecule has 3 aromatic rings. The lowest BCUT2D eigenvalue weighted by molar-refractivity contribution is -0.137. The van der Waals surface area contributed by atoms with Crippen molar-refractivity contribution < 1.29 is 26.4 Å². The van der Waals surface area contributed by atoms with Crippen molar-refractivity contribution in [1.29, 1.82) is 0 Å². The van der Waals surface area contributed by atoms with Crippen molar-refractivity contribution in [1.82, 2.24) is 19.9 Å². The third-order valence-corrected chi connectivity index (χ3v) is 7.34. The summed E-state index contributed by atoms with van der Waals surface area (Å²) in [4.78, 5) is 26.5. The molecular weight excluding hydrogens is 535 g/mol. The summed E-state index contributed by atoms with van der Waals surface area (Å²) in [5.74, 6) is -0.927. The van der Waals surface area contributed by atoms with Crippen molar-refractivity contribution in [2.45, 2.75) is 38.9 Å². The first-order valence-corrected chi connectivity index (χ1v) is 14.0. The number of likely N-dealkylation sites (tertiary alicyclic amines) is 1. The second kappa shape index (κ2) is 11.8. The quantitative estimate of drug-likeness (QED) is 0.344. The van der Waals surface area contributed by atoms with Crippen LogP contribution in [0.2, 0.25) is 0 Å². The van der Waals surface area contributed by atoms with Gasteiger partial charge in [-0.1, -0.05) is 12.1 Å². The number of halogens is 3. The highest BCUT2D eigenvalue weighted by molar-refractivity contribution is 7.92. The lowest BCUT2D eigenvalue weighted by Gasteiger charge is -2.26. The Morgan fingerprint density at radius 1 is 1.05 bits per heavy atom. The number of nitrogens with one attached hydrogen (secondary N) is 3. The first-order chi connectivity index (χ1) is 18.6. The van der Waals surface area contributed by atoms with E-state index in [1.54, 1.807) is 29.2 Å². The number of rotatable bonds is 9.